The van der Waals surface area contributed by atoms with Crippen LogP contribution in [0, 0.1) is 0 Å². The second-order valence-electron chi connectivity index (χ2n) is 9.09. The fraction of sp³-hybridized carbons (Fsp3) is 0.625. The van der Waals surface area contributed by atoms with Gasteiger partial charge in [0.1, 0.15) is 0 Å². The number of hydrogen-bond donors (Lipinski definition) is 3. The first-order valence-electron chi connectivity index (χ1n) is 11.6. The van der Waals surface area contributed by atoms with Crippen LogP contribution >= 0.6 is 11.3 Å². The topological polar surface area (TPSA) is 97.1 Å². The molecule has 3 rings (SSSR count). The Hall–Kier alpha value is -1.99. The summed E-state index contributed by atoms with van der Waals surface area (Å²) in [5, 5.41) is 7.03. The van der Waals surface area contributed by atoms with Gasteiger partial charge in [0.05, 0.1) is 26.8 Å². The predicted octanol–water partition coefficient (Wildman–Crippen LogP) is 4.02. The van der Waals surface area contributed by atoms with Gasteiger partial charge in [-0.3, -0.25) is 9.59 Å². The third kappa shape index (κ3) is 6.26. The van der Waals surface area contributed by atoms with Crippen molar-refractivity contribution in [1.29, 1.82) is 0 Å². The van der Waals surface area contributed by atoms with E-state index in [9.17, 15) is 9.59 Å². The smallest absolute Gasteiger partial charge is 0.240 e. The first-order valence-corrected chi connectivity index (χ1v) is 12.4. The average molecular weight is 445 g/mol. The Kier molecular flexibility index (Phi) is 8.06. The highest BCUT2D eigenvalue weighted by Gasteiger charge is 2.34. The molecule has 1 aliphatic carbocycles. The van der Waals surface area contributed by atoms with Gasteiger partial charge in [-0.2, -0.15) is 0 Å². The lowest BCUT2D eigenvalue weighted by atomic mass is 9.90. The van der Waals surface area contributed by atoms with Crippen molar-refractivity contribution >= 4 is 33.4 Å². The summed E-state index contributed by atoms with van der Waals surface area (Å²) in [7, 11) is 0. The standard InChI is InChI=1S/C24H36N4O2S/c1-4-21(29)27-18(15-26-23(30)24(25)11-7-5-6-8-12-24)14-22-28-19-10-9-17(16(2)3)13-20(19)31-22/h9-10,13,16,18H,4-8,11-12,14-15,25H2,1-3H3,(H,26,30)(H,27,29)/t18-/m0/s1. The minimum atomic E-state index is -0.793. The van der Waals surface area contributed by atoms with Gasteiger partial charge in [0, 0.05) is 19.4 Å². The quantitative estimate of drug-likeness (QED) is 0.536. The number of rotatable bonds is 8. The monoisotopic (exact) mass is 444 g/mol. The molecule has 0 aliphatic heterocycles. The van der Waals surface area contributed by atoms with Crippen molar-refractivity contribution in [3.05, 3.63) is 28.8 Å². The Morgan fingerprint density at radius 2 is 1.90 bits per heavy atom. The van der Waals surface area contributed by atoms with Gasteiger partial charge in [-0.1, -0.05) is 52.5 Å². The van der Waals surface area contributed by atoms with Crippen LogP contribution in [0.5, 0.6) is 0 Å². The number of hydrogen-bond acceptors (Lipinski definition) is 5. The van der Waals surface area contributed by atoms with E-state index in [1.165, 1.54) is 5.56 Å². The van der Waals surface area contributed by atoms with Gasteiger partial charge in [-0.05, 0) is 36.5 Å². The number of fused-ring (bicyclic) bond motifs is 1. The molecule has 0 saturated heterocycles. The summed E-state index contributed by atoms with van der Waals surface area (Å²) in [4.78, 5) is 29.7. The molecule has 31 heavy (non-hydrogen) atoms. The number of nitrogens with two attached hydrogens (primary N) is 1. The molecule has 2 aromatic rings. The Labute approximate surface area is 189 Å². The van der Waals surface area contributed by atoms with Gasteiger partial charge in [0.25, 0.3) is 0 Å². The van der Waals surface area contributed by atoms with Crippen LogP contribution in [0.25, 0.3) is 10.2 Å². The molecule has 7 heteroatoms. The van der Waals surface area contributed by atoms with E-state index < -0.39 is 5.54 Å². The molecule has 1 aliphatic rings. The van der Waals surface area contributed by atoms with Crippen molar-refractivity contribution in [2.75, 3.05) is 6.54 Å². The van der Waals surface area contributed by atoms with Crippen molar-refractivity contribution in [3.8, 4) is 0 Å². The number of benzene rings is 1. The normalized spacial score (nSPS) is 17.3. The molecule has 1 fully saturated rings. The third-order valence-corrected chi connectivity index (χ3v) is 7.23. The van der Waals surface area contributed by atoms with Gasteiger partial charge in [-0.25, -0.2) is 4.98 Å². The number of carbonyl (C=O) groups excluding carboxylic acids is 2. The van der Waals surface area contributed by atoms with E-state index in [2.05, 4.69) is 42.7 Å². The molecule has 0 spiro atoms. The Balaban J connectivity index is 1.69. The summed E-state index contributed by atoms with van der Waals surface area (Å²) in [6.07, 6.45) is 6.69. The highest BCUT2D eigenvalue weighted by molar-refractivity contribution is 7.18. The van der Waals surface area contributed by atoms with Crippen molar-refractivity contribution < 1.29 is 9.59 Å². The van der Waals surface area contributed by atoms with Crippen LogP contribution in [-0.4, -0.2) is 34.9 Å². The average Bonchev–Trinajstić information content (AvgIpc) is 3.01. The summed E-state index contributed by atoms with van der Waals surface area (Å²) in [5.41, 5.74) is 7.93. The van der Waals surface area contributed by atoms with E-state index in [0.717, 1.165) is 53.7 Å². The highest BCUT2D eigenvalue weighted by Crippen LogP contribution is 2.27. The molecule has 1 heterocycles. The lowest BCUT2D eigenvalue weighted by Gasteiger charge is -2.28. The summed E-state index contributed by atoms with van der Waals surface area (Å²) >= 11 is 1.66. The Bertz CT molecular complexity index is 900. The molecule has 6 nitrogen and oxygen atoms in total. The van der Waals surface area contributed by atoms with Crippen molar-refractivity contribution in [2.45, 2.75) is 89.6 Å². The summed E-state index contributed by atoms with van der Waals surface area (Å²) < 4.78 is 1.16. The molecule has 1 aromatic heterocycles. The zero-order chi connectivity index (χ0) is 22.4. The fourth-order valence-electron chi connectivity index (χ4n) is 4.13. The molecular formula is C24H36N4O2S. The molecule has 1 aromatic carbocycles. The zero-order valence-corrected chi connectivity index (χ0v) is 19.8. The molecular weight excluding hydrogens is 408 g/mol. The van der Waals surface area contributed by atoms with E-state index in [0.29, 0.717) is 25.3 Å². The summed E-state index contributed by atoms with van der Waals surface area (Å²) in [6.45, 7) is 6.55. The number of carbonyl (C=O) groups is 2. The van der Waals surface area contributed by atoms with E-state index in [4.69, 9.17) is 10.7 Å². The second-order valence-corrected chi connectivity index (χ2v) is 10.2. The van der Waals surface area contributed by atoms with Gasteiger partial charge < -0.3 is 16.4 Å². The van der Waals surface area contributed by atoms with Gasteiger partial charge in [0.2, 0.25) is 11.8 Å². The van der Waals surface area contributed by atoms with Crippen molar-refractivity contribution in [2.24, 2.45) is 5.73 Å². The zero-order valence-electron chi connectivity index (χ0n) is 19.0. The maximum absolute atomic E-state index is 12.9. The minimum Gasteiger partial charge on any atom is -0.352 e. The Morgan fingerprint density at radius 3 is 2.55 bits per heavy atom. The largest absolute Gasteiger partial charge is 0.352 e. The van der Waals surface area contributed by atoms with Gasteiger partial charge in [-0.15, -0.1) is 11.3 Å². The van der Waals surface area contributed by atoms with E-state index in [-0.39, 0.29) is 17.9 Å². The second kappa shape index (κ2) is 10.6. The minimum absolute atomic E-state index is 0.0283. The maximum Gasteiger partial charge on any atom is 0.240 e. The van der Waals surface area contributed by atoms with Crippen LogP contribution in [0.1, 0.15) is 82.2 Å². The third-order valence-electron chi connectivity index (χ3n) is 6.19. The highest BCUT2D eigenvalue weighted by atomic mass is 32.1. The predicted molar refractivity (Wildman–Crippen MR) is 127 cm³/mol. The Morgan fingerprint density at radius 1 is 1.19 bits per heavy atom. The van der Waals surface area contributed by atoms with Crippen molar-refractivity contribution in [3.63, 3.8) is 0 Å². The van der Waals surface area contributed by atoms with Crippen LogP contribution in [0.15, 0.2) is 18.2 Å². The van der Waals surface area contributed by atoms with Crippen LogP contribution in [0.2, 0.25) is 0 Å². The summed E-state index contributed by atoms with van der Waals surface area (Å²) in [6, 6.07) is 6.18. The molecule has 0 bridgehead atoms. The van der Waals surface area contributed by atoms with E-state index >= 15 is 0 Å². The maximum atomic E-state index is 12.9. The summed E-state index contributed by atoms with van der Waals surface area (Å²) in [5.74, 6) is 0.338. The molecule has 2 amide bonds. The first kappa shape index (κ1) is 23.7. The van der Waals surface area contributed by atoms with Gasteiger partial charge >= 0.3 is 0 Å². The molecule has 1 saturated carbocycles. The molecule has 4 N–H and O–H groups in total. The van der Waals surface area contributed by atoms with Crippen LogP contribution in [-0.2, 0) is 16.0 Å². The molecule has 0 unspecified atom stereocenters. The number of nitrogens with zero attached hydrogens (tertiary/aromatic N) is 1. The van der Waals surface area contributed by atoms with E-state index in [1.807, 2.05) is 6.92 Å². The number of aromatic nitrogens is 1. The first-order chi connectivity index (χ1) is 14.8. The molecule has 0 radical (unpaired) electrons. The number of amides is 2. The number of nitrogens with one attached hydrogen (secondary N) is 2. The molecule has 170 valence electrons. The van der Waals surface area contributed by atoms with Crippen LogP contribution < -0.4 is 16.4 Å². The fourth-order valence-corrected chi connectivity index (χ4v) is 5.22. The van der Waals surface area contributed by atoms with Gasteiger partial charge in [0.15, 0.2) is 0 Å². The lowest BCUT2D eigenvalue weighted by Crippen LogP contribution is -2.56. The van der Waals surface area contributed by atoms with Crippen LogP contribution in [0.4, 0.5) is 0 Å². The number of thiazole rings is 1. The van der Waals surface area contributed by atoms with Crippen LogP contribution in [0.3, 0.4) is 0 Å². The lowest BCUT2D eigenvalue weighted by molar-refractivity contribution is -0.127. The SMILES string of the molecule is CCC(=O)N[C@H](CNC(=O)C1(N)CCCCCC1)Cc1nc2ccc(C(C)C)cc2s1. The van der Waals surface area contributed by atoms with E-state index in [1.54, 1.807) is 11.3 Å². The molecule has 1 atom stereocenters. The van der Waals surface area contributed by atoms with Crippen molar-refractivity contribution in [1.82, 2.24) is 15.6 Å².